The average molecular weight is 637 g/mol. The Hall–Kier alpha value is -5.19. The van der Waals surface area contributed by atoms with E-state index in [-0.39, 0.29) is 5.16 Å². The number of nitrogens with zero attached hydrogens (tertiary/aromatic N) is 2. The molecule has 4 heteroatoms. The monoisotopic (exact) mass is 636 g/mol. The molecule has 7 aromatic rings. The zero-order valence-corrected chi connectivity index (χ0v) is 28.8. The fourth-order valence-electron chi connectivity index (χ4n) is 6.41. The first-order valence-corrected chi connectivity index (χ1v) is 17.9. The highest BCUT2D eigenvalue weighted by Gasteiger charge is 2.37. The van der Waals surface area contributed by atoms with Gasteiger partial charge >= 0.3 is 0 Å². The van der Waals surface area contributed by atoms with Gasteiger partial charge in [-0.1, -0.05) is 205 Å². The van der Waals surface area contributed by atoms with Crippen molar-refractivity contribution in [3.63, 3.8) is 0 Å². The van der Waals surface area contributed by atoms with Crippen molar-refractivity contribution >= 4 is 37.8 Å². The maximum atomic E-state index is 4.43. The molecule has 1 heterocycles. The molecular weight excluding hydrogens is 595 g/mol. The molecule has 0 aliphatic carbocycles. The highest BCUT2D eigenvalue weighted by Crippen LogP contribution is 2.34. The number of imidazole rings is 1. The van der Waals surface area contributed by atoms with Crippen molar-refractivity contribution in [3.8, 4) is 0 Å². The van der Waals surface area contributed by atoms with E-state index in [1.165, 1.54) is 43.8 Å². The summed E-state index contributed by atoms with van der Waals surface area (Å²) in [6, 6.07) is 60.9. The van der Waals surface area contributed by atoms with Crippen molar-refractivity contribution < 1.29 is 0 Å². The third-order valence-corrected chi connectivity index (χ3v) is 10.7. The third kappa shape index (κ3) is 7.51. The Morgan fingerprint density at radius 1 is 0.542 bits per heavy atom. The second-order valence-electron chi connectivity index (χ2n) is 11.9. The molecule has 0 unspecified atom stereocenters. The second kappa shape index (κ2) is 16.1. The standard InChI is InChI=1S/C26H26N2Si.C18H15B/c1-3-21-10-8-12-23(18-21)26(28-17-16-27-20-28,29-25-14-6-5-7-15-25)24-13-9-11-22(4-2)19-24;1-4-10-16(11-5-1)19(17-12-6-2-7-13-17)18-14-8-3-9-15-18/h5-20H,3-4H2,1-2H3;1-15H. The number of hydrogen-bond donors (Lipinski definition) is 0. The molecule has 234 valence electrons. The van der Waals surface area contributed by atoms with E-state index in [4.69, 9.17) is 0 Å². The van der Waals surface area contributed by atoms with Crippen LogP contribution in [0.1, 0.15) is 36.1 Å². The zero-order valence-electron chi connectivity index (χ0n) is 27.8. The molecule has 0 atom stereocenters. The Kier molecular flexibility index (Phi) is 11.0. The number of aryl methyl sites for hydroxylation is 2. The molecule has 1 aromatic heterocycles. The van der Waals surface area contributed by atoms with Gasteiger partial charge in [0, 0.05) is 12.4 Å². The molecule has 0 amide bonds. The maximum Gasteiger partial charge on any atom is 0.241 e. The molecule has 0 aliphatic rings. The van der Waals surface area contributed by atoms with Crippen molar-refractivity contribution in [2.24, 2.45) is 0 Å². The van der Waals surface area contributed by atoms with Crippen LogP contribution in [0, 0.1) is 0 Å². The van der Waals surface area contributed by atoms with E-state index in [0.717, 1.165) is 12.8 Å². The molecule has 0 saturated heterocycles. The first-order valence-electron chi connectivity index (χ1n) is 16.9. The van der Waals surface area contributed by atoms with Gasteiger partial charge in [0.15, 0.2) is 0 Å². The SMILES string of the molecule is CCc1cccc(C([Si]c2ccccc2)(c2cccc(CC)c2)n2ccnc2)c1.c1ccc(B(c2ccccc2)c2ccccc2)cc1. The highest BCUT2D eigenvalue weighted by atomic mass is 28.2. The van der Waals surface area contributed by atoms with Gasteiger partial charge in [0.2, 0.25) is 6.71 Å². The van der Waals surface area contributed by atoms with Crippen LogP contribution in [0.25, 0.3) is 0 Å². The van der Waals surface area contributed by atoms with Gasteiger partial charge in [-0.3, -0.25) is 0 Å². The molecular formula is C44H41BN2Si. The number of hydrogen-bond acceptors (Lipinski definition) is 1. The van der Waals surface area contributed by atoms with Gasteiger partial charge in [0.1, 0.15) is 9.52 Å². The summed E-state index contributed by atoms with van der Waals surface area (Å²) in [4.78, 5) is 4.43. The van der Waals surface area contributed by atoms with Gasteiger partial charge in [0.05, 0.1) is 11.5 Å². The Balaban J connectivity index is 0.000000182. The third-order valence-electron chi connectivity index (χ3n) is 8.90. The summed E-state index contributed by atoms with van der Waals surface area (Å²) in [6.45, 7) is 4.74. The quantitative estimate of drug-likeness (QED) is 0.148. The summed E-state index contributed by atoms with van der Waals surface area (Å²) < 4.78 is 2.29. The lowest BCUT2D eigenvalue weighted by atomic mass is 9.37. The number of benzene rings is 6. The summed E-state index contributed by atoms with van der Waals surface area (Å²) in [5.41, 5.74) is 9.34. The first kappa shape index (κ1) is 32.7. The lowest BCUT2D eigenvalue weighted by Crippen LogP contribution is -2.51. The molecule has 7 rings (SSSR count). The minimum Gasteiger partial charge on any atom is -0.326 e. The van der Waals surface area contributed by atoms with Crippen LogP contribution < -0.4 is 21.6 Å². The van der Waals surface area contributed by atoms with Crippen LogP contribution in [0.4, 0.5) is 0 Å². The average Bonchev–Trinajstić information content (AvgIpc) is 3.72. The van der Waals surface area contributed by atoms with Gasteiger partial charge in [-0.25, -0.2) is 4.98 Å². The van der Waals surface area contributed by atoms with E-state index in [2.05, 4.69) is 199 Å². The van der Waals surface area contributed by atoms with Crippen LogP contribution in [0.2, 0.25) is 0 Å². The van der Waals surface area contributed by atoms with Crippen LogP contribution in [0.15, 0.2) is 189 Å². The van der Waals surface area contributed by atoms with Crippen LogP contribution >= 0.6 is 0 Å². The van der Waals surface area contributed by atoms with Crippen molar-refractivity contribution in [1.82, 2.24) is 9.55 Å². The minimum atomic E-state index is -0.325. The zero-order chi connectivity index (χ0) is 33.0. The lowest BCUT2D eigenvalue weighted by Gasteiger charge is -2.37. The largest absolute Gasteiger partial charge is 0.326 e. The van der Waals surface area contributed by atoms with Gasteiger partial charge in [-0.15, -0.1) is 0 Å². The van der Waals surface area contributed by atoms with Crippen molar-refractivity contribution in [2.75, 3.05) is 0 Å². The fourth-order valence-corrected chi connectivity index (χ4v) is 8.05. The Morgan fingerprint density at radius 3 is 1.38 bits per heavy atom. The summed E-state index contributed by atoms with van der Waals surface area (Å²) >= 11 is 0. The van der Waals surface area contributed by atoms with Gasteiger partial charge in [-0.2, -0.15) is 0 Å². The second-order valence-corrected chi connectivity index (χ2v) is 13.5. The minimum absolute atomic E-state index is 0.309. The molecule has 0 spiro atoms. The Labute approximate surface area is 289 Å². The van der Waals surface area contributed by atoms with Gasteiger partial charge in [0.25, 0.3) is 0 Å². The predicted octanol–water partition coefficient (Wildman–Crippen LogP) is 6.99. The molecule has 2 radical (unpaired) electrons. The molecule has 0 fully saturated rings. The van der Waals surface area contributed by atoms with Crippen molar-refractivity contribution in [3.05, 3.63) is 211 Å². The van der Waals surface area contributed by atoms with Crippen LogP contribution in [-0.2, 0) is 18.0 Å². The van der Waals surface area contributed by atoms with E-state index in [0.29, 0.717) is 16.2 Å². The molecule has 48 heavy (non-hydrogen) atoms. The molecule has 6 aromatic carbocycles. The van der Waals surface area contributed by atoms with E-state index in [1.54, 1.807) is 0 Å². The number of aromatic nitrogens is 2. The molecule has 0 bridgehead atoms. The van der Waals surface area contributed by atoms with Gasteiger partial charge in [-0.05, 0) is 35.1 Å². The molecule has 2 nitrogen and oxygen atoms in total. The Bertz CT molecular complexity index is 1820. The van der Waals surface area contributed by atoms with Crippen LogP contribution in [0.5, 0.6) is 0 Å². The molecule has 0 saturated carbocycles. The highest BCUT2D eigenvalue weighted by molar-refractivity contribution is 6.95. The van der Waals surface area contributed by atoms with Crippen LogP contribution in [-0.4, -0.2) is 25.8 Å². The van der Waals surface area contributed by atoms with Crippen molar-refractivity contribution in [1.29, 1.82) is 0 Å². The normalized spacial score (nSPS) is 11.0. The maximum absolute atomic E-state index is 4.43. The van der Waals surface area contributed by atoms with E-state index in [9.17, 15) is 0 Å². The summed E-state index contributed by atoms with van der Waals surface area (Å²) in [5, 5.41) is 1.01. The van der Waals surface area contributed by atoms with Crippen LogP contribution in [0.3, 0.4) is 0 Å². The van der Waals surface area contributed by atoms with Crippen molar-refractivity contribution in [2.45, 2.75) is 31.9 Å². The molecule has 0 aliphatic heterocycles. The predicted molar refractivity (Wildman–Crippen MR) is 206 cm³/mol. The van der Waals surface area contributed by atoms with E-state index >= 15 is 0 Å². The van der Waals surface area contributed by atoms with E-state index in [1.807, 2.05) is 12.5 Å². The summed E-state index contributed by atoms with van der Waals surface area (Å²) in [7, 11) is 0.534. The fraction of sp³-hybridized carbons (Fsp3) is 0.114. The summed E-state index contributed by atoms with van der Waals surface area (Å²) in [5.74, 6) is 0. The van der Waals surface area contributed by atoms with Gasteiger partial charge < -0.3 is 4.57 Å². The smallest absolute Gasteiger partial charge is 0.241 e. The number of rotatable bonds is 10. The first-order chi connectivity index (χ1) is 23.7. The topological polar surface area (TPSA) is 17.8 Å². The lowest BCUT2D eigenvalue weighted by molar-refractivity contribution is 0.595. The Morgan fingerprint density at radius 2 is 0.979 bits per heavy atom. The molecule has 0 N–H and O–H groups in total. The summed E-state index contributed by atoms with van der Waals surface area (Å²) in [6.07, 6.45) is 8.01. The van der Waals surface area contributed by atoms with E-state index < -0.39 is 0 Å².